The number of fused-ring (bicyclic) bond motifs is 2. The number of aromatic carboxylic acids is 2. The molecule has 200 valence electrons. The predicted octanol–water partition coefficient (Wildman–Crippen LogP) is 6.16. The zero-order valence-electron chi connectivity index (χ0n) is 21.3. The first kappa shape index (κ1) is 26.2. The monoisotopic (exact) mass is 540 g/mol. The van der Waals surface area contributed by atoms with Crippen LogP contribution in [0.3, 0.4) is 0 Å². The highest BCUT2D eigenvalue weighted by Crippen LogP contribution is 2.30. The van der Waals surface area contributed by atoms with Gasteiger partial charge in [0.25, 0.3) is 0 Å². The summed E-state index contributed by atoms with van der Waals surface area (Å²) in [6.45, 7) is 0. The second-order valence-corrected chi connectivity index (χ2v) is 9.04. The Kier molecular flexibility index (Phi) is 6.83. The molecular formula is C30H22F2N4O4. The molecule has 0 unspecified atom stereocenters. The van der Waals surface area contributed by atoms with Crippen LogP contribution in [0, 0.1) is 11.6 Å². The van der Waals surface area contributed by atoms with Crippen molar-refractivity contribution in [2.24, 2.45) is 14.1 Å². The fourth-order valence-corrected chi connectivity index (χ4v) is 4.47. The van der Waals surface area contributed by atoms with Crippen LogP contribution in [0.4, 0.5) is 8.78 Å². The van der Waals surface area contributed by atoms with Gasteiger partial charge in [0.2, 0.25) is 0 Å². The largest absolute Gasteiger partial charge is 0.478 e. The molecule has 0 bridgehead atoms. The summed E-state index contributed by atoms with van der Waals surface area (Å²) in [5, 5.41) is 28.3. The van der Waals surface area contributed by atoms with Crippen molar-refractivity contribution >= 4 is 33.7 Å². The van der Waals surface area contributed by atoms with Crippen molar-refractivity contribution in [3.05, 3.63) is 108 Å². The SMILES string of the molecule is Cn1nc(-c2ccc(F)cc2)c2cc(C(=O)O)ccc21.Cn1nc(-c2cccc(F)c2)c2cc(C(=O)O)ccc21. The van der Waals surface area contributed by atoms with E-state index >= 15 is 0 Å². The van der Waals surface area contributed by atoms with Crippen molar-refractivity contribution in [1.29, 1.82) is 0 Å². The van der Waals surface area contributed by atoms with Crippen molar-refractivity contribution < 1.29 is 28.6 Å². The summed E-state index contributed by atoms with van der Waals surface area (Å²) in [6, 6.07) is 21.7. The maximum Gasteiger partial charge on any atom is 0.335 e. The van der Waals surface area contributed by atoms with Crippen LogP contribution in [0.2, 0.25) is 0 Å². The van der Waals surface area contributed by atoms with Crippen LogP contribution in [0.25, 0.3) is 44.3 Å². The van der Waals surface area contributed by atoms with Crippen molar-refractivity contribution in [3.63, 3.8) is 0 Å². The Bertz CT molecular complexity index is 1910. The Morgan fingerprint density at radius 3 is 1.60 bits per heavy atom. The molecule has 0 aliphatic heterocycles. The minimum absolute atomic E-state index is 0.183. The molecule has 0 aliphatic carbocycles. The number of nitrogens with zero attached hydrogens (tertiary/aromatic N) is 4. The van der Waals surface area contributed by atoms with Crippen molar-refractivity contribution in [1.82, 2.24) is 19.6 Å². The van der Waals surface area contributed by atoms with E-state index in [1.54, 1.807) is 78.1 Å². The lowest BCUT2D eigenvalue weighted by Crippen LogP contribution is -1.95. The van der Waals surface area contributed by atoms with E-state index in [0.717, 1.165) is 22.0 Å². The molecule has 4 aromatic carbocycles. The Labute approximate surface area is 226 Å². The number of hydrogen-bond acceptors (Lipinski definition) is 4. The molecule has 8 nitrogen and oxygen atoms in total. The number of carbonyl (C=O) groups is 2. The van der Waals surface area contributed by atoms with Crippen LogP contribution < -0.4 is 0 Å². The highest BCUT2D eigenvalue weighted by Gasteiger charge is 2.15. The van der Waals surface area contributed by atoms with E-state index in [1.165, 1.54) is 30.3 Å². The van der Waals surface area contributed by atoms with Gasteiger partial charge in [-0.1, -0.05) is 12.1 Å². The predicted molar refractivity (Wildman–Crippen MR) is 146 cm³/mol. The zero-order valence-corrected chi connectivity index (χ0v) is 21.3. The average Bonchev–Trinajstić information content (AvgIpc) is 3.45. The van der Waals surface area contributed by atoms with Crippen LogP contribution in [-0.4, -0.2) is 41.7 Å². The van der Waals surface area contributed by atoms with E-state index in [4.69, 9.17) is 10.2 Å². The van der Waals surface area contributed by atoms with E-state index in [9.17, 15) is 18.4 Å². The van der Waals surface area contributed by atoms with Gasteiger partial charge in [-0.2, -0.15) is 10.2 Å². The average molecular weight is 541 g/mol. The number of aryl methyl sites for hydroxylation is 2. The van der Waals surface area contributed by atoms with Gasteiger partial charge >= 0.3 is 11.9 Å². The molecule has 6 aromatic rings. The van der Waals surface area contributed by atoms with Gasteiger partial charge in [-0.3, -0.25) is 9.36 Å². The van der Waals surface area contributed by atoms with E-state index in [-0.39, 0.29) is 22.8 Å². The van der Waals surface area contributed by atoms with Crippen LogP contribution in [0.1, 0.15) is 20.7 Å². The summed E-state index contributed by atoms with van der Waals surface area (Å²) in [4.78, 5) is 22.1. The molecule has 6 rings (SSSR count). The summed E-state index contributed by atoms with van der Waals surface area (Å²) in [5.74, 6) is -2.65. The van der Waals surface area contributed by atoms with E-state index in [0.29, 0.717) is 22.3 Å². The highest BCUT2D eigenvalue weighted by atomic mass is 19.1. The first-order chi connectivity index (χ1) is 19.1. The molecule has 0 spiro atoms. The first-order valence-electron chi connectivity index (χ1n) is 12.0. The Morgan fingerprint density at radius 1 is 0.625 bits per heavy atom. The minimum Gasteiger partial charge on any atom is -0.478 e. The second-order valence-electron chi connectivity index (χ2n) is 9.04. The molecule has 2 N–H and O–H groups in total. The number of hydrogen-bond donors (Lipinski definition) is 2. The zero-order chi connectivity index (χ0) is 28.6. The third-order valence-corrected chi connectivity index (χ3v) is 6.41. The summed E-state index contributed by atoms with van der Waals surface area (Å²) in [5.41, 5.74) is 4.61. The summed E-state index contributed by atoms with van der Waals surface area (Å²) in [6.07, 6.45) is 0. The third kappa shape index (κ3) is 5.02. The van der Waals surface area contributed by atoms with Crippen molar-refractivity contribution in [3.8, 4) is 22.5 Å². The smallest absolute Gasteiger partial charge is 0.335 e. The lowest BCUT2D eigenvalue weighted by molar-refractivity contribution is 0.0686. The maximum atomic E-state index is 13.3. The molecule has 0 saturated carbocycles. The Morgan fingerprint density at radius 2 is 1.12 bits per heavy atom. The van der Waals surface area contributed by atoms with Crippen molar-refractivity contribution in [2.75, 3.05) is 0 Å². The summed E-state index contributed by atoms with van der Waals surface area (Å²) < 4.78 is 29.7. The standard InChI is InChI=1S/2C15H11FN2O2/c1-18-13-7-4-10(15(19)20)8-12(13)14(17-18)9-2-5-11(16)6-3-9;1-18-13-6-5-10(15(19)20)8-12(13)14(17-18)9-3-2-4-11(16)7-9/h2*2-8H,1H3,(H,19,20). The van der Waals surface area contributed by atoms with Crippen LogP contribution >= 0.6 is 0 Å². The number of carboxylic acid groups (broad SMARTS) is 2. The molecule has 10 heteroatoms. The normalized spacial score (nSPS) is 10.9. The Hall–Kier alpha value is -5.38. The minimum atomic E-state index is -0.999. The lowest BCUT2D eigenvalue weighted by atomic mass is 10.1. The van der Waals surface area contributed by atoms with E-state index in [1.807, 2.05) is 0 Å². The van der Waals surface area contributed by atoms with Gasteiger partial charge in [-0.25, -0.2) is 18.4 Å². The summed E-state index contributed by atoms with van der Waals surface area (Å²) in [7, 11) is 3.56. The number of aromatic nitrogens is 4. The first-order valence-corrected chi connectivity index (χ1v) is 12.0. The van der Waals surface area contributed by atoms with Gasteiger partial charge < -0.3 is 10.2 Å². The van der Waals surface area contributed by atoms with E-state index < -0.39 is 11.9 Å². The van der Waals surface area contributed by atoms with Gasteiger partial charge in [0.05, 0.1) is 22.2 Å². The topological polar surface area (TPSA) is 110 Å². The summed E-state index contributed by atoms with van der Waals surface area (Å²) >= 11 is 0. The van der Waals surface area contributed by atoms with Gasteiger partial charge in [-0.05, 0) is 72.8 Å². The molecule has 0 fully saturated rings. The number of halogens is 2. The highest BCUT2D eigenvalue weighted by molar-refractivity contribution is 6.00. The quantitative estimate of drug-likeness (QED) is 0.277. The molecule has 0 saturated heterocycles. The van der Waals surface area contributed by atoms with Crippen LogP contribution in [-0.2, 0) is 14.1 Å². The molecule has 0 amide bonds. The number of benzene rings is 4. The van der Waals surface area contributed by atoms with Gasteiger partial charge in [-0.15, -0.1) is 0 Å². The van der Waals surface area contributed by atoms with Gasteiger partial charge in [0.15, 0.2) is 0 Å². The third-order valence-electron chi connectivity index (χ3n) is 6.41. The van der Waals surface area contributed by atoms with Crippen LogP contribution in [0.5, 0.6) is 0 Å². The van der Waals surface area contributed by atoms with Gasteiger partial charge in [0.1, 0.15) is 23.0 Å². The molecule has 2 heterocycles. The fraction of sp³-hybridized carbons (Fsp3) is 0.0667. The Balaban J connectivity index is 0.000000161. The molecule has 0 radical (unpaired) electrons. The number of carboxylic acids is 2. The second kappa shape index (κ2) is 10.4. The molecule has 0 atom stereocenters. The molecule has 0 aliphatic rings. The lowest BCUT2D eigenvalue weighted by Gasteiger charge is -1.99. The molecular weight excluding hydrogens is 518 g/mol. The van der Waals surface area contributed by atoms with Crippen LogP contribution in [0.15, 0.2) is 84.9 Å². The fourth-order valence-electron chi connectivity index (χ4n) is 4.47. The maximum absolute atomic E-state index is 13.3. The number of rotatable bonds is 4. The molecule has 2 aromatic heterocycles. The van der Waals surface area contributed by atoms with Gasteiger partial charge in [0, 0.05) is 36.0 Å². The van der Waals surface area contributed by atoms with Crippen molar-refractivity contribution in [2.45, 2.75) is 0 Å². The molecule has 40 heavy (non-hydrogen) atoms. The van der Waals surface area contributed by atoms with E-state index in [2.05, 4.69) is 10.2 Å².